The highest BCUT2D eigenvalue weighted by molar-refractivity contribution is 5.76. The van der Waals surface area contributed by atoms with Gasteiger partial charge in [-0.1, -0.05) is 35.5 Å². The number of hydrogen-bond acceptors (Lipinski definition) is 7. The molecule has 4 rings (SSSR count). The van der Waals surface area contributed by atoms with E-state index in [1.807, 2.05) is 30.3 Å². The zero-order chi connectivity index (χ0) is 22.2. The van der Waals surface area contributed by atoms with Crippen LogP contribution in [-0.2, 0) is 22.5 Å². The summed E-state index contributed by atoms with van der Waals surface area (Å²) in [6, 6.07) is 17.8. The second-order valence-corrected chi connectivity index (χ2v) is 7.76. The van der Waals surface area contributed by atoms with Crippen molar-refractivity contribution in [2.75, 3.05) is 33.4 Å². The molecule has 1 saturated heterocycles. The van der Waals surface area contributed by atoms with Crippen molar-refractivity contribution in [3.05, 3.63) is 66.1 Å². The predicted molar refractivity (Wildman–Crippen MR) is 119 cm³/mol. The molecule has 0 bridgehead atoms. The lowest BCUT2D eigenvalue weighted by atomic mass is 10.2. The summed E-state index contributed by atoms with van der Waals surface area (Å²) in [4.78, 5) is 19.0. The molecule has 0 saturated carbocycles. The van der Waals surface area contributed by atoms with Crippen molar-refractivity contribution in [3.63, 3.8) is 0 Å². The van der Waals surface area contributed by atoms with Crippen molar-refractivity contribution in [1.29, 1.82) is 0 Å². The maximum atomic E-state index is 12.3. The highest BCUT2D eigenvalue weighted by Gasteiger charge is 2.21. The van der Waals surface area contributed by atoms with Crippen molar-refractivity contribution >= 4 is 5.91 Å². The van der Waals surface area contributed by atoms with Crippen LogP contribution in [0.25, 0.3) is 11.4 Å². The second-order valence-electron chi connectivity index (χ2n) is 7.76. The van der Waals surface area contributed by atoms with Gasteiger partial charge in [0.15, 0.2) is 0 Å². The Hall–Kier alpha value is -3.23. The molecule has 1 fully saturated rings. The molecule has 168 valence electrons. The number of rotatable bonds is 9. The van der Waals surface area contributed by atoms with Crippen molar-refractivity contribution in [2.24, 2.45) is 0 Å². The molecule has 1 aromatic heterocycles. The third-order valence-corrected chi connectivity index (χ3v) is 5.38. The Morgan fingerprint density at radius 2 is 2.00 bits per heavy atom. The van der Waals surface area contributed by atoms with Gasteiger partial charge in [-0.2, -0.15) is 4.98 Å². The first kappa shape index (κ1) is 22.0. The Balaban J connectivity index is 1.19. The molecule has 1 unspecified atom stereocenters. The number of amides is 1. The largest absolute Gasteiger partial charge is 0.497 e. The lowest BCUT2D eigenvalue weighted by Crippen LogP contribution is -2.47. The highest BCUT2D eigenvalue weighted by Crippen LogP contribution is 2.20. The molecular weight excluding hydrogens is 408 g/mol. The van der Waals surface area contributed by atoms with Gasteiger partial charge in [0, 0.05) is 44.6 Å². The van der Waals surface area contributed by atoms with Gasteiger partial charge in [-0.3, -0.25) is 9.69 Å². The molecule has 1 aliphatic heterocycles. The first-order valence-corrected chi connectivity index (χ1v) is 10.8. The van der Waals surface area contributed by atoms with Gasteiger partial charge < -0.3 is 19.3 Å². The van der Waals surface area contributed by atoms with E-state index < -0.39 is 0 Å². The monoisotopic (exact) mass is 436 g/mol. The fourth-order valence-electron chi connectivity index (χ4n) is 3.64. The summed E-state index contributed by atoms with van der Waals surface area (Å²) in [5.74, 6) is 1.64. The van der Waals surface area contributed by atoms with Crippen molar-refractivity contribution in [3.8, 4) is 17.1 Å². The molecule has 8 nitrogen and oxygen atoms in total. The number of methoxy groups -OCH3 is 1. The average Bonchev–Trinajstić information content (AvgIpc) is 3.31. The van der Waals surface area contributed by atoms with Gasteiger partial charge >= 0.3 is 0 Å². The van der Waals surface area contributed by atoms with E-state index in [2.05, 4.69) is 44.6 Å². The Labute approximate surface area is 187 Å². The molecule has 0 spiro atoms. The topological polar surface area (TPSA) is 89.7 Å². The van der Waals surface area contributed by atoms with E-state index in [1.165, 1.54) is 5.56 Å². The number of carbonyl (C=O) groups is 1. The molecule has 1 aliphatic rings. The predicted octanol–water partition coefficient (Wildman–Crippen LogP) is 2.70. The van der Waals surface area contributed by atoms with Gasteiger partial charge in [-0.15, -0.1) is 0 Å². The van der Waals surface area contributed by atoms with Gasteiger partial charge in [0.05, 0.1) is 19.8 Å². The smallest absolute Gasteiger partial charge is 0.227 e. The minimum atomic E-state index is -0.0574. The lowest BCUT2D eigenvalue weighted by Gasteiger charge is -2.33. The van der Waals surface area contributed by atoms with E-state index in [9.17, 15) is 4.79 Å². The summed E-state index contributed by atoms with van der Waals surface area (Å²) in [5.41, 5.74) is 2.12. The summed E-state index contributed by atoms with van der Waals surface area (Å²) < 4.78 is 16.3. The minimum Gasteiger partial charge on any atom is -0.497 e. The van der Waals surface area contributed by atoms with Crippen LogP contribution in [0.1, 0.15) is 17.9 Å². The van der Waals surface area contributed by atoms with Crippen LogP contribution in [0.3, 0.4) is 0 Å². The lowest BCUT2D eigenvalue weighted by molar-refractivity contribution is -0.122. The number of aromatic nitrogens is 2. The zero-order valence-electron chi connectivity index (χ0n) is 18.2. The SMILES string of the molecule is COc1ccc(-c2noc(CCC(=O)NCC3CN(Cc4ccccc4)CCO3)n2)cc1. The van der Waals surface area contributed by atoms with Crippen LogP contribution in [0.4, 0.5) is 0 Å². The molecule has 2 aromatic carbocycles. The fourth-order valence-corrected chi connectivity index (χ4v) is 3.64. The van der Waals surface area contributed by atoms with Gasteiger partial charge in [0.1, 0.15) is 5.75 Å². The van der Waals surface area contributed by atoms with Crippen molar-refractivity contribution < 1.29 is 18.8 Å². The van der Waals surface area contributed by atoms with Crippen LogP contribution in [0, 0.1) is 0 Å². The summed E-state index contributed by atoms with van der Waals surface area (Å²) in [7, 11) is 1.62. The maximum Gasteiger partial charge on any atom is 0.227 e. The van der Waals surface area contributed by atoms with Crippen LogP contribution in [0.15, 0.2) is 59.1 Å². The maximum absolute atomic E-state index is 12.3. The third kappa shape index (κ3) is 6.15. The van der Waals surface area contributed by atoms with Gasteiger partial charge in [-0.25, -0.2) is 0 Å². The molecule has 32 heavy (non-hydrogen) atoms. The van der Waals surface area contributed by atoms with Crippen LogP contribution < -0.4 is 10.1 Å². The van der Waals surface area contributed by atoms with Gasteiger partial charge in [-0.05, 0) is 29.8 Å². The van der Waals surface area contributed by atoms with Crippen LogP contribution in [0.2, 0.25) is 0 Å². The number of nitrogens with zero attached hydrogens (tertiary/aromatic N) is 3. The van der Waals surface area contributed by atoms with Crippen LogP contribution in [0.5, 0.6) is 5.75 Å². The van der Waals surface area contributed by atoms with E-state index >= 15 is 0 Å². The Kier molecular flexibility index (Phi) is 7.47. The molecule has 0 aliphatic carbocycles. The van der Waals surface area contributed by atoms with Gasteiger partial charge in [0.25, 0.3) is 0 Å². The first-order valence-electron chi connectivity index (χ1n) is 10.8. The molecule has 1 atom stereocenters. The van der Waals surface area contributed by atoms with E-state index in [-0.39, 0.29) is 18.4 Å². The Morgan fingerprint density at radius 1 is 1.19 bits per heavy atom. The van der Waals surface area contributed by atoms with E-state index in [0.29, 0.717) is 31.3 Å². The molecule has 1 N–H and O–H groups in total. The van der Waals surface area contributed by atoms with Crippen molar-refractivity contribution in [2.45, 2.75) is 25.5 Å². The summed E-state index contributed by atoms with van der Waals surface area (Å²) >= 11 is 0. The number of hydrogen-bond donors (Lipinski definition) is 1. The third-order valence-electron chi connectivity index (χ3n) is 5.38. The molecule has 3 aromatic rings. The number of morpholine rings is 1. The second kappa shape index (κ2) is 10.9. The van der Waals surface area contributed by atoms with E-state index in [0.717, 1.165) is 30.9 Å². The number of ether oxygens (including phenoxy) is 2. The summed E-state index contributed by atoms with van der Waals surface area (Å²) in [6.45, 7) is 3.74. The molecule has 2 heterocycles. The van der Waals surface area contributed by atoms with Crippen LogP contribution in [-0.4, -0.2) is 60.4 Å². The highest BCUT2D eigenvalue weighted by atomic mass is 16.5. The standard InChI is InChI=1S/C24H28N4O4/c1-30-20-9-7-19(8-10-20)24-26-23(32-27-24)12-11-22(29)25-15-21-17-28(13-14-31-21)16-18-5-3-2-4-6-18/h2-10,21H,11-17H2,1H3,(H,25,29). The molecule has 1 amide bonds. The van der Waals surface area contributed by atoms with E-state index in [1.54, 1.807) is 7.11 Å². The van der Waals surface area contributed by atoms with Crippen molar-refractivity contribution in [1.82, 2.24) is 20.4 Å². The number of carbonyl (C=O) groups excluding carboxylic acids is 1. The molecule has 8 heteroatoms. The van der Waals surface area contributed by atoms with Crippen LogP contribution >= 0.6 is 0 Å². The normalized spacial score (nSPS) is 16.6. The first-order chi connectivity index (χ1) is 15.7. The number of benzene rings is 2. The number of nitrogens with one attached hydrogen (secondary N) is 1. The molecule has 0 radical (unpaired) electrons. The Morgan fingerprint density at radius 3 is 2.78 bits per heavy atom. The quantitative estimate of drug-likeness (QED) is 0.552. The zero-order valence-corrected chi connectivity index (χ0v) is 18.2. The van der Waals surface area contributed by atoms with Gasteiger partial charge in [0.2, 0.25) is 17.6 Å². The summed E-state index contributed by atoms with van der Waals surface area (Å²) in [6.07, 6.45) is 0.659. The minimum absolute atomic E-state index is 0.0125. The van der Waals surface area contributed by atoms with E-state index in [4.69, 9.17) is 14.0 Å². The fraction of sp³-hybridized carbons (Fsp3) is 0.375. The number of aryl methyl sites for hydroxylation is 1. The summed E-state index contributed by atoms with van der Waals surface area (Å²) in [5, 5.41) is 6.96. The average molecular weight is 437 g/mol. The molecular formula is C24H28N4O4. The Bertz CT molecular complexity index is 991.